The molecule has 2 N–H and O–H groups in total. The number of anilines is 1. The number of amides is 1. The second kappa shape index (κ2) is 8.53. The lowest BCUT2D eigenvalue weighted by Gasteiger charge is -2.22. The molecule has 0 unspecified atom stereocenters. The summed E-state index contributed by atoms with van der Waals surface area (Å²) in [6.07, 6.45) is 1.90. The van der Waals surface area contributed by atoms with Gasteiger partial charge in [-0.15, -0.1) is 0 Å². The van der Waals surface area contributed by atoms with Crippen LogP contribution >= 0.6 is 0 Å². The summed E-state index contributed by atoms with van der Waals surface area (Å²) < 4.78 is 0. The maximum absolute atomic E-state index is 12.5. The summed E-state index contributed by atoms with van der Waals surface area (Å²) in [6.45, 7) is 6.01. The van der Waals surface area contributed by atoms with Crippen LogP contribution in [-0.4, -0.2) is 42.2 Å². The fourth-order valence-corrected chi connectivity index (χ4v) is 1.96. The second-order valence-corrected chi connectivity index (χ2v) is 4.49. The van der Waals surface area contributed by atoms with Gasteiger partial charge in [0.25, 0.3) is 5.91 Å². The van der Waals surface area contributed by atoms with Gasteiger partial charge in [0.05, 0.1) is 12.2 Å². The smallest absolute Gasteiger partial charge is 0.256 e. The topological polar surface area (TPSA) is 52.6 Å². The molecule has 0 aliphatic carbocycles. The monoisotopic (exact) mass is 264 g/mol. The minimum absolute atomic E-state index is 0.00368. The van der Waals surface area contributed by atoms with E-state index < -0.39 is 0 Å². The summed E-state index contributed by atoms with van der Waals surface area (Å²) in [4.78, 5) is 14.2. The summed E-state index contributed by atoms with van der Waals surface area (Å²) in [5.41, 5.74) is 1.55. The average molecular weight is 264 g/mol. The molecule has 0 aliphatic rings. The molecule has 1 rings (SSSR count). The predicted molar refractivity (Wildman–Crippen MR) is 78.5 cm³/mol. The van der Waals surface area contributed by atoms with E-state index in [1.807, 2.05) is 31.2 Å². The van der Waals surface area contributed by atoms with Crippen molar-refractivity contribution in [3.63, 3.8) is 0 Å². The zero-order valence-corrected chi connectivity index (χ0v) is 11.9. The van der Waals surface area contributed by atoms with Crippen LogP contribution in [-0.2, 0) is 0 Å². The van der Waals surface area contributed by atoms with E-state index in [0.717, 1.165) is 25.1 Å². The highest BCUT2D eigenvalue weighted by molar-refractivity contribution is 5.99. The first-order chi connectivity index (χ1) is 9.24. The lowest BCUT2D eigenvalue weighted by molar-refractivity contribution is 0.0723. The van der Waals surface area contributed by atoms with Crippen LogP contribution in [0.25, 0.3) is 0 Å². The van der Waals surface area contributed by atoms with E-state index in [1.54, 1.807) is 4.90 Å². The highest BCUT2D eigenvalue weighted by Crippen LogP contribution is 2.17. The van der Waals surface area contributed by atoms with Crippen LogP contribution < -0.4 is 5.32 Å². The fourth-order valence-electron chi connectivity index (χ4n) is 1.96. The van der Waals surface area contributed by atoms with Crippen molar-refractivity contribution in [2.45, 2.75) is 26.7 Å². The third-order valence-corrected chi connectivity index (χ3v) is 2.87. The quantitative estimate of drug-likeness (QED) is 0.758. The van der Waals surface area contributed by atoms with E-state index in [4.69, 9.17) is 5.11 Å². The second-order valence-electron chi connectivity index (χ2n) is 4.49. The number of carbonyl (C=O) groups is 1. The number of nitrogens with zero attached hydrogens (tertiary/aromatic N) is 1. The number of aliphatic hydroxyl groups is 1. The van der Waals surface area contributed by atoms with Gasteiger partial charge in [-0.1, -0.05) is 26.0 Å². The average Bonchev–Trinajstić information content (AvgIpc) is 2.44. The van der Waals surface area contributed by atoms with Gasteiger partial charge >= 0.3 is 0 Å². The number of rotatable bonds is 8. The summed E-state index contributed by atoms with van der Waals surface area (Å²) in [5, 5.41) is 12.3. The minimum atomic E-state index is -0.0184. The van der Waals surface area contributed by atoms with Gasteiger partial charge in [-0.2, -0.15) is 0 Å². The van der Waals surface area contributed by atoms with E-state index in [2.05, 4.69) is 12.2 Å². The predicted octanol–water partition coefficient (Wildman–Crippen LogP) is 2.35. The van der Waals surface area contributed by atoms with E-state index in [-0.39, 0.29) is 12.5 Å². The highest BCUT2D eigenvalue weighted by atomic mass is 16.3. The lowest BCUT2D eigenvalue weighted by Crippen LogP contribution is -2.34. The molecule has 0 aromatic heterocycles. The Labute approximate surface area is 115 Å². The molecule has 0 atom stereocenters. The molecule has 1 aromatic carbocycles. The van der Waals surface area contributed by atoms with Gasteiger partial charge in [0.1, 0.15) is 0 Å². The number of nitrogens with one attached hydrogen (secondary N) is 1. The normalized spacial score (nSPS) is 10.3. The Morgan fingerprint density at radius 1 is 1.21 bits per heavy atom. The maximum Gasteiger partial charge on any atom is 0.256 e. The van der Waals surface area contributed by atoms with Crippen molar-refractivity contribution in [3.05, 3.63) is 29.8 Å². The van der Waals surface area contributed by atoms with E-state index >= 15 is 0 Å². The Hall–Kier alpha value is -1.55. The van der Waals surface area contributed by atoms with Gasteiger partial charge in [0, 0.05) is 25.3 Å². The maximum atomic E-state index is 12.5. The lowest BCUT2D eigenvalue weighted by atomic mass is 10.1. The molecule has 1 aromatic rings. The van der Waals surface area contributed by atoms with Crippen LogP contribution in [0.2, 0.25) is 0 Å². The van der Waals surface area contributed by atoms with Gasteiger partial charge in [0.2, 0.25) is 0 Å². The molecule has 0 fully saturated rings. The van der Waals surface area contributed by atoms with Crippen LogP contribution in [0.15, 0.2) is 24.3 Å². The van der Waals surface area contributed by atoms with Crippen molar-refractivity contribution >= 4 is 11.6 Å². The molecule has 19 heavy (non-hydrogen) atoms. The molecule has 4 nitrogen and oxygen atoms in total. The highest BCUT2D eigenvalue weighted by Gasteiger charge is 2.17. The molecule has 0 radical (unpaired) electrons. The Balaban J connectivity index is 2.89. The molecular formula is C15H24N2O2. The standard InChI is InChI=1S/C15H24N2O2/c1-3-9-16-14-8-6-5-7-13(14)15(19)17(10-4-2)11-12-18/h5-8,16,18H,3-4,9-12H2,1-2H3. The van der Waals surface area contributed by atoms with Crippen LogP contribution in [0.5, 0.6) is 0 Å². The van der Waals surface area contributed by atoms with Crippen molar-refractivity contribution < 1.29 is 9.90 Å². The van der Waals surface area contributed by atoms with Crippen LogP contribution in [0.3, 0.4) is 0 Å². The Kier molecular flexibility index (Phi) is 6.97. The van der Waals surface area contributed by atoms with Crippen molar-refractivity contribution in [1.29, 1.82) is 0 Å². The number of aliphatic hydroxyl groups excluding tert-OH is 1. The molecule has 4 heteroatoms. The Morgan fingerprint density at radius 3 is 2.58 bits per heavy atom. The number of carbonyl (C=O) groups excluding carboxylic acids is 1. The number of hydrogen-bond donors (Lipinski definition) is 2. The summed E-state index contributed by atoms with van der Waals surface area (Å²) in [6, 6.07) is 7.55. The zero-order chi connectivity index (χ0) is 14.1. The van der Waals surface area contributed by atoms with Crippen LogP contribution in [0.4, 0.5) is 5.69 Å². The fraction of sp³-hybridized carbons (Fsp3) is 0.533. The third-order valence-electron chi connectivity index (χ3n) is 2.87. The third kappa shape index (κ3) is 4.56. The molecule has 0 spiro atoms. The first kappa shape index (κ1) is 15.5. The molecule has 0 saturated heterocycles. The molecular weight excluding hydrogens is 240 g/mol. The van der Waals surface area contributed by atoms with E-state index in [0.29, 0.717) is 18.7 Å². The van der Waals surface area contributed by atoms with Crippen molar-refractivity contribution in [3.8, 4) is 0 Å². The van der Waals surface area contributed by atoms with E-state index in [1.165, 1.54) is 0 Å². The molecule has 1 amide bonds. The van der Waals surface area contributed by atoms with Crippen LogP contribution in [0, 0.1) is 0 Å². The molecule has 0 bridgehead atoms. The molecule has 0 heterocycles. The summed E-state index contributed by atoms with van der Waals surface area (Å²) in [7, 11) is 0. The summed E-state index contributed by atoms with van der Waals surface area (Å²) in [5.74, 6) is -0.0184. The van der Waals surface area contributed by atoms with Crippen molar-refractivity contribution in [1.82, 2.24) is 4.90 Å². The van der Waals surface area contributed by atoms with Crippen molar-refractivity contribution in [2.24, 2.45) is 0 Å². The van der Waals surface area contributed by atoms with Gasteiger partial charge in [-0.3, -0.25) is 4.79 Å². The minimum Gasteiger partial charge on any atom is -0.395 e. The largest absolute Gasteiger partial charge is 0.395 e. The number of benzene rings is 1. The number of para-hydroxylation sites is 1. The summed E-state index contributed by atoms with van der Waals surface area (Å²) >= 11 is 0. The zero-order valence-electron chi connectivity index (χ0n) is 11.9. The van der Waals surface area contributed by atoms with Crippen molar-refractivity contribution in [2.75, 3.05) is 31.6 Å². The van der Waals surface area contributed by atoms with Gasteiger partial charge in [-0.05, 0) is 25.0 Å². The molecule has 106 valence electrons. The van der Waals surface area contributed by atoms with Crippen LogP contribution in [0.1, 0.15) is 37.0 Å². The first-order valence-electron chi connectivity index (χ1n) is 6.97. The SMILES string of the molecule is CCCNc1ccccc1C(=O)N(CCC)CCO. The molecule has 0 aliphatic heterocycles. The molecule has 0 saturated carbocycles. The number of hydrogen-bond acceptors (Lipinski definition) is 3. The first-order valence-corrected chi connectivity index (χ1v) is 6.97. The van der Waals surface area contributed by atoms with Gasteiger partial charge in [-0.25, -0.2) is 0 Å². The Bertz CT molecular complexity index is 387. The van der Waals surface area contributed by atoms with Gasteiger partial charge < -0.3 is 15.3 Å². The Morgan fingerprint density at radius 2 is 1.95 bits per heavy atom. The van der Waals surface area contributed by atoms with E-state index in [9.17, 15) is 4.79 Å². The van der Waals surface area contributed by atoms with Gasteiger partial charge in [0.15, 0.2) is 0 Å².